The summed E-state index contributed by atoms with van der Waals surface area (Å²) in [4.78, 5) is 10.8. The zero-order chi connectivity index (χ0) is 18.1. The molecule has 0 radical (unpaired) electrons. The van der Waals surface area contributed by atoms with Gasteiger partial charge in [0.05, 0.1) is 15.6 Å². The lowest BCUT2D eigenvalue weighted by atomic mass is 10.3. The van der Waals surface area contributed by atoms with E-state index < -0.39 is 24.4 Å². The smallest absolute Gasteiger partial charge is 0.267 e. The largest absolute Gasteiger partial charge is 0.325 e. The fourth-order valence-electron chi connectivity index (χ4n) is 1.49. The minimum atomic E-state index is -4.09. The summed E-state index contributed by atoms with van der Waals surface area (Å²) in [6, 6.07) is 3.64. The Kier molecular flexibility index (Phi) is 5.10. The number of benzene rings is 1. The Morgan fingerprint density at radius 1 is 1.25 bits per heavy atom. The minimum Gasteiger partial charge on any atom is -0.325 e. The molecule has 0 fully saturated rings. The highest BCUT2D eigenvalue weighted by Crippen LogP contribution is 2.27. The monoisotopic (exact) mass is 411 g/mol. The number of primary sulfonamides is 1. The zero-order valence-electron chi connectivity index (χ0n) is 11.8. The first-order valence-corrected chi connectivity index (χ1v) is 10.2. The number of nitrogens with one attached hydrogen (secondary N) is 2. The van der Waals surface area contributed by atoms with Crippen molar-refractivity contribution in [2.24, 2.45) is 5.14 Å². The van der Waals surface area contributed by atoms with E-state index in [0.717, 1.165) is 6.07 Å². The van der Waals surface area contributed by atoms with Gasteiger partial charge in [0.25, 0.3) is 20.0 Å². The third-order valence-electron chi connectivity index (χ3n) is 2.43. The molecule has 24 heavy (non-hydrogen) atoms. The van der Waals surface area contributed by atoms with Gasteiger partial charge in [-0.2, -0.15) is 0 Å². The summed E-state index contributed by atoms with van der Waals surface area (Å²) in [7, 11) is -8.17. The Hall–Kier alpha value is -1.80. The van der Waals surface area contributed by atoms with Crippen LogP contribution in [0.5, 0.6) is 0 Å². The van der Waals surface area contributed by atoms with Crippen molar-refractivity contribution in [3.63, 3.8) is 0 Å². The van der Waals surface area contributed by atoms with E-state index in [2.05, 4.69) is 20.2 Å². The molecule has 10 nitrogen and oxygen atoms in total. The standard InChI is InChI=1S/C10H10ClN5O5S3/c1-5(17)13-8-3-2-6(4-7(8)11)24(20,21)16-9-14-15-10(22-9)23(12,18)19/h2-4H,1H3,(H,13,17)(H,14,16)(H2,12,18,19). The first kappa shape index (κ1) is 18.5. The molecule has 0 saturated heterocycles. The van der Waals surface area contributed by atoms with Crippen molar-refractivity contribution < 1.29 is 21.6 Å². The highest BCUT2D eigenvalue weighted by molar-refractivity contribution is 7.93. The Balaban J connectivity index is 2.29. The maximum Gasteiger partial charge on any atom is 0.267 e. The molecule has 0 aliphatic carbocycles. The molecule has 1 aromatic carbocycles. The molecular formula is C10H10ClN5O5S3. The predicted octanol–water partition coefficient (Wildman–Crippen LogP) is 0.598. The number of nitrogens with zero attached hydrogens (tertiary/aromatic N) is 2. The van der Waals surface area contributed by atoms with Crippen LogP contribution in [-0.2, 0) is 24.8 Å². The third-order valence-corrected chi connectivity index (χ3v) is 6.36. The molecule has 0 aliphatic heterocycles. The van der Waals surface area contributed by atoms with Crippen LogP contribution < -0.4 is 15.2 Å². The van der Waals surface area contributed by atoms with Crippen LogP contribution in [0.2, 0.25) is 5.02 Å². The maximum absolute atomic E-state index is 12.2. The number of amides is 1. The molecule has 0 atom stereocenters. The Morgan fingerprint density at radius 3 is 2.42 bits per heavy atom. The van der Waals surface area contributed by atoms with Gasteiger partial charge in [-0.15, -0.1) is 10.2 Å². The van der Waals surface area contributed by atoms with Crippen molar-refractivity contribution in [1.29, 1.82) is 0 Å². The number of hydrogen-bond acceptors (Lipinski definition) is 8. The average molecular weight is 412 g/mol. The first-order chi connectivity index (χ1) is 11.0. The molecule has 0 saturated carbocycles. The van der Waals surface area contributed by atoms with Crippen LogP contribution >= 0.6 is 22.9 Å². The molecule has 14 heteroatoms. The van der Waals surface area contributed by atoms with Gasteiger partial charge in [0, 0.05) is 6.92 Å². The van der Waals surface area contributed by atoms with Crippen molar-refractivity contribution in [2.45, 2.75) is 16.2 Å². The lowest BCUT2D eigenvalue weighted by Gasteiger charge is -2.08. The molecule has 2 rings (SSSR count). The van der Waals surface area contributed by atoms with E-state index in [4.69, 9.17) is 16.7 Å². The van der Waals surface area contributed by atoms with Gasteiger partial charge >= 0.3 is 0 Å². The number of sulfonamides is 2. The number of carbonyl (C=O) groups is 1. The molecular weight excluding hydrogens is 402 g/mol. The van der Waals surface area contributed by atoms with Crippen LogP contribution in [0.15, 0.2) is 27.4 Å². The van der Waals surface area contributed by atoms with Crippen molar-refractivity contribution in [3.05, 3.63) is 23.2 Å². The summed E-state index contributed by atoms with van der Waals surface area (Å²) in [6.07, 6.45) is 0. The first-order valence-electron chi connectivity index (χ1n) is 5.95. The van der Waals surface area contributed by atoms with E-state index in [1.165, 1.54) is 19.1 Å². The number of hydrogen-bond donors (Lipinski definition) is 3. The predicted molar refractivity (Wildman–Crippen MR) is 87.8 cm³/mol. The number of aromatic nitrogens is 2. The highest BCUT2D eigenvalue weighted by atomic mass is 35.5. The third kappa shape index (κ3) is 4.39. The van der Waals surface area contributed by atoms with Crippen molar-refractivity contribution in [3.8, 4) is 0 Å². The zero-order valence-corrected chi connectivity index (χ0v) is 15.1. The second-order valence-electron chi connectivity index (χ2n) is 4.35. The molecule has 0 aliphatic rings. The summed E-state index contributed by atoms with van der Waals surface area (Å²) in [5.41, 5.74) is 0.246. The number of carbonyl (C=O) groups excluding carboxylic acids is 1. The van der Waals surface area contributed by atoms with Crippen LogP contribution in [0.1, 0.15) is 6.92 Å². The van der Waals surface area contributed by atoms with Crippen LogP contribution in [-0.4, -0.2) is 32.9 Å². The van der Waals surface area contributed by atoms with Gasteiger partial charge in [-0.1, -0.05) is 22.9 Å². The summed E-state index contributed by atoms with van der Waals surface area (Å²) in [5.74, 6) is -0.366. The quantitative estimate of drug-likeness (QED) is 0.648. The summed E-state index contributed by atoms with van der Waals surface area (Å²) >= 11 is 6.38. The van der Waals surface area contributed by atoms with E-state index in [1.54, 1.807) is 0 Å². The lowest BCUT2D eigenvalue weighted by Crippen LogP contribution is -2.13. The van der Waals surface area contributed by atoms with E-state index >= 15 is 0 Å². The lowest BCUT2D eigenvalue weighted by molar-refractivity contribution is -0.114. The fourth-order valence-corrected chi connectivity index (χ4v) is 4.38. The molecule has 0 bridgehead atoms. The molecule has 1 amide bonds. The highest BCUT2D eigenvalue weighted by Gasteiger charge is 2.21. The van der Waals surface area contributed by atoms with Gasteiger partial charge in [0.15, 0.2) is 0 Å². The Labute approximate surface area is 146 Å². The van der Waals surface area contributed by atoms with Gasteiger partial charge in [0.2, 0.25) is 15.4 Å². The van der Waals surface area contributed by atoms with Gasteiger partial charge < -0.3 is 5.32 Å². The molecule has 1 aromatic heterocycles. The van der Waals surface area contributed by atoms with Crippen LogP contribution in [0.4, 0.5) is 10.8 Å². The van der Waals surface area contributed by atoms with Crippen molar-refractivity contribution in [2.75, 3.05) is 10.0 Å². The number of rotatable bonds is 5. The van der Waals surface area contributed by atoms with Gasteiger partial charge in [-0.3, -0.25) is 9.52 Å². The van der Waals surface area contributed by atoms with E-state index in [0.29, 0.717) is 11.3 Å². The van der Waals surface area contributed by atoms with Crippen molar-refractivity contribution >= 4 is 59.7 Å². The van der Waals surface area contributed by atoms with Gasteiger partial charge in [0.1, 0.15) is 0 Å². The summed E-state index contributed by atoms with van der Waals surface area (Å²) in [5, 5.41) is 13.7. The van der Waals surface area contributed by atoms with E-state index in [9.17, 15) is 21.6 Å². The second kappa shape index (κ2) is 6.60. The fraction of sp³-hybridized carbons (Fsp3) is 0.100. The Bertz CT molecular complexity index is 1000. The molecule has 0 unspecified atom stereocenters. The van der Waals surface area contributed by atoms with E-state index in [-0.39, 0.29) is 26.6 Å². The minimum absolute atomic E-state index is 0.00978. The maximum atomic E-state index is 12.2. The Morgan fingerprint density at radius 2 is 1.92 bits per heavy atom. The van der Waals surface area contributed by atoms with Crippen molar-refractivity contribution in [1.82, 2.24) is 10.2 Å². The number of nitrogens with two attached hydrogens (primary N) is 1. The topological polar surface area (TPSA) is 161 Å². The summed E-state index contributed by atoms with van der Waals surface area (Å²) in [6.45, 7) is 1.28. The average Bonchev–Trinajstić information content (AvgIpc) is 2.88. The van der Waals surface area contributed by atoms with E-state index in [1.807, 2.05) is 0 Å². The number of anilines is 2. The SMILES string of the molecule is CC(=O)Nc1ccc(S(=O)(=O)Nc2nnc(S(N)(=O)=O)s2)cc1Cl. The van der Waals surface area contributed by atoms with Gasteiger partial charge in [-0.05, 0) is 18.2 Å². The molecule has 2 aromatic rings. The normalized spacial score (nSPS) is 12.0. The van der Waals surface area contributed by atoms with Gasteiger partial charge in [-0.25, -0.2) is 22.0 Å². The van der Waals surface area contributed by atoms with Crippen LogP contribution in [0, 0.1) is 0 Å². The molecule has 4 N–H and O–H groups in total. The molecule has 1 heterocycles. The van der Waals surface area contributed by atoms with Crippen LogP contribution in [0.25, 0.3) is 0 Å². The number of halogens is 1. The van der Waals surface area contributed by atoms with Crippen LogP contribution in [0.3, 0.4) is 0 Å². The molecule has 130 valence electrons. The summed E-state index contributed by atoms with van der Waals surface area (Å²) < 4.78 is 48.2. The second-order valence-corrected chi connectivity index (χ2v) is 9.15. The molecule has 0 spiro atoms.